The van der Waals surface area contributed by atoms with E-state index in [1.807, 2.05) is 35.6 Å². The number of anilines is 1. The summed E-state index contributed by atoms with van der Waals surface area (Å²) in [5, 5.41) is 17.3. The summed E-state index contributed by atoms with van der Waals surface area (Å²) in [6.45, 7) is 1.95. The summed E-state index contributed by atoms with van der Waals surface area (Å²) in [4.78, 5) is 38.9. The first-order valence-corrected chi connectivity index (χ1v) is 11.4. The average molecular weight is 587 g/mol. The fourth-order valence-corrected chi connectivity index (χ4v) is 4.41. The summed E-state index contributed by atoms with van der Waals surface area (Å²) in [6.07, 6.45) is 0. The number of benzene rings is 3. The molecule has 0 bridgehead atoms. The van der Waals surface area contributed by atoms with Gasteiger partial charge in [-0.25, -0.2) is 14.0 Å². The Labute approximate surface area is 212 Å². The van der Waals surface area contributed by atoms with Crippen molar-refractivity contribution in [3.05, 3.63) is 103 Å². The summed E-state index contributed by atoms with van der Waals surface area (Å²) in [6, 6.07) is 15.3. The molecule has 1 aromatic heterocycles. The number of hydrogen-bond acceptors (Lipinski definition) is 5. The maximum atomic E-state index is 13.2. The third-order valence-corrected chi connectivity index (χ3v) is 6.33. The van der Waals surface area contributed by atoms with E-state index in [0.29, 0.717) is 14.9 Å². The van der Waals surface area contributed by atoms with Crippen LogP contribution >= 0.6 is 22.6 Å². The predicted molar refractivity (Wildman–Crippen MR) is 135 cm³/mol. The van der Waals surface area contributed by atoms with E-state index in [1.54, 1.807) is 31.3 Å². The first-order valence-electron chi connectivity index (χ1n) is 10.4. The predicted octanol–water partition coefficient (Wildman–Crippen LogP) is 3.50. The Kier molecular flexibility index (Phi) is 6.78. The number of aromatic carboxylic acids is 1. The van der Waals surface area contributed by atoms with E-state index < -0.39 is 23.4 Å². The number of aryl methyl sites for hydroxylation is 1. The van der Waals surface area contributed by atoms with Crippen molar-refractivity contribution in [2.75, 3.05) is 11.9 Å². The van der Waals surface area contributed by atoms with Gasteiger partial charge >= 0.3 is 11.7 Å². The average Bonchev–Trinajstić information content (AvgIpc) is 3.18. The van der Waals surface area contributed by atoms with Gasteiger partial charge in [-0.2, -0.15) is 9.36 Å². The lowest BCUT2D eigenvalue weighted by Gasteiger charge is -2.21. The highest BCUT2D eigenvalue weighted by Crippen LogP contribution is 2.25. The highest BCUT2D eigenvalue weighted by Gasteiger charge is 2.24. The molecule has 0 aliphatic heterocycles. The van der Waals surface area contributed by atoms with Gasteiger partial charge in [0.25, 0.3) is 5.91 Å². The highest BCUT2D eigenvalue weighted by atomic mass is 127. The summed E-state index contributed by atoms with van der Waals surface area (Å²) >= 11 is 1.95. The summed E-state index contributed by atoms with van der Waals surface area (Å²) < 4.78 is 16.0. The van der Waals surface area contributed by atoms with Crippen LogP contribution in [0.2, 0.25) is 0 Å². The Balaban J connectivity index is 1.58. The van der Waals surface area contributed by atoms with Crippen LogP contribution in [-0.4, -0.2) is 43.8 Å². The van der Waals surface area contributed by atoms with Gasteiger partial charge in [0.05, 0.1) is 23.4 Å². The van der Waals surface area contributed by atoms with Crippen LogP contribution in [0, 0.1) is 16.3 Å². The molecule has 3 aromatic carbocycles. The maximum Gasteiger partial charge on any atom is 0.368 e. The standard InChI is InChI=1S/C24H19FIN5O4/c1-14-12-15(13-30-24(35)31(28-27-30)17-9-7-16(25)8-10-17)6-11-20(14)29(2)22(32)21-18(23(33)34)4-3-5-19(21)26/h3-12H,13H2,1-2H3,(H,33,34). The summed E-state index contributed by atoms with van der Waals surface area (Å²) in [5.74, 6) is -2.04. The van der Waals surface area contributed by atoms with Gasteiger partial charge in [-0.3, -0.25) is 4.79 Å². The number of aromatic nitrogens is 4. The van der Waals surface area contributed by atoms with E-state index in [4.69, 9.17) is 0 Å². The van der Waals surface area contributed by atoms with Crippen molar-refractivity contribution in [3.63, 3.8) is 0 Å². The Morgan fingerprint density at radius 2 is 1.80 bits per heavy atom. The van der Waals surface area contributed by atoms with Crippen LogP contribution in [-0.2, 0) is 6.54 Å². The van der Waals surface area contributed by atoms with Crippen LogP contribution in [0.15, 0.2) is 65.5 Å². The molecule has 0 aliphatic rings. The van der Waals surface area contributed by atoms with Gasteiger partial charge in [-0.1, -0.05) is 18.2 Å². The van der Waals surface area contributed by atoms with Crippen molar-refractivity contribution in [1.82, 2.24) is 19.8 Å². The minimum Gasteiger partial charge on any atom is -0.478 e. The third kappa shape index (κ3) is 4.85. The zero-order valence-corrected chi connectivity index (χ0v) is 20.8. The van der Waals surface area contributed by atoms with Gasteiger partial charge < -0.3 is 10.0 Å². The number of carboxylic acids is 1. The lowest BCUT2D eigenvalue weighted by Crippen LogP contribution is -2.29. The van der Waals surface area contributed by atoms with Crippen LogP contribution < -0.4 is 10.6 Å². The molecule has 4 aromatic rings. The molecule has 1 heterocycles. The molecule has 0 radical (unpaired) electrons. The molecule has 4 rings (SSSR count). The molecule has 0 saturated heterocycles. The van der Waals surface area contributed by atoms with E-state index in [2.05, 4.69) is 10.4 Å². The Bertz CT molecular complexity index is 1500. The van der Waals surface area contributed by atoms with E-state index in [0.717, 1.165) is 15.8 Å². The Hall–Kier alpha value is -3.87. The maximum absolute atomic E-state index is 13.2. The van der Waals surface area contributed by atoms with Crippen LogP contribution in [0.3, 0.4) is 0 Å². The van der Waals surface area contributed by atoms with Crippen molar-refractivity contribution in [3.8, 4) is 5.69 Å². The number of hydrogen-bond donors (Lipinski definition) is 1. The molecule has 0 aliphatic carbocycles. The number of carboxylic acid groups (broad SMARTS) is 1. The SMILES string of the molecule is Cc1cc(Cn2nnn(-c3ccc(F)cc3)c2=O)ccc1N(C)C(=O)c1c(I)cccc1C(=O)O. The van der Waals surface area contributed by atoms with Gasteiger partial charge in [-0.15, -0.1) is 0 Å². The van der Waals surface area contributed by atoms with Crippen molar-refractivity contribution < 1.29 is 19.1 Å². The number of carbonyl (C=O) groups is 2. The van der Waals surface area contributed by atoms with Gasteiger partial charge in [-0.05, 0) is 93.5 Å². The molecular weight excluding hydrogens is 568 g/mol. The van der Waals surface area contributed by atoms with Crippen molar-refractivity contribution in [2.24, 2.45) is 0 Å². The molecule has 9 nitrogen and oxygen atoms in total. The van der Waals surface area contributed by atoms with Crippen LogP contribution in [0.4, 0.5) is 10.1 Å². The lowest BCUT2D eigenvalue weighted by molar-refractivity contribution is 0.0692. The van der Waals surface area contributed by atoms with Crippen LogP contribution in [0.25, 0.3) is 5.69 Å². The van der Waals surface area contributed by atoms with Gasteiger partial charge in [0, 0.05) is 16.3 Å². The zero-order valence-electron chi connectivity index (χ0n) is 18.6. The van der Waals surface area contributed by atoms with Crippen molar-refractivity contribution >= 4 is 40.2 Å². The number of carbonyl (C=O) groups excluding carboxylic acids is 1. The second kappa shape index (κ2) is 9.78. The van der Waals surface area contributed by atoms with E-state index >= 15 is 0 Å². The number of halogens is 2. The second-order valence-corrected chi connectivity index (χ2v) is 8.92. The largest absolute Gasteiger partial charge is 0.478 e. The third-order valence-electron chi connectivity index (χ3n) is 5.43. The van der Waals surface area contributed by atoms with E-state index in [9.17, 15) is 23.9 Å². The summed E-state index contributed by atoms with van der Waals surface area (Å²) in [7, 11) is 1.58. The quantitative estimate of drug-likeness (QED) is 0.346. The fraction of sp³-hybridized carbons (Fsp3) is 0.125. The number of rotatable bonds is 6. The van der Waals surface area contributed by atoms with Gasteiger partial charge in [0.15, 0.2) is 0 Å². The Morgan fingerprint density at radius 3 is 2.46 bits per heavy atom. The lowest BCUT2D eigenvalue weighted by atomic mass is 10.0. The molecule has 0 unspecified atom stereocenters. The van der Waals surface area contributed by atoms with Crippen LogP contribution in [0.5, 0.6) is 0 Å². The minimum atomic E-state index is -1.17. The first kappa shape index (κ1) is 24.3. The molecule has 1 N–H and O–H groups in total. The van der Waals surface area contributed by atoms with E-state index in [1.165, 1.54) is 39.9 Å². The van der Waals surface area contributed by atoms with Crippen molar-refractivity contribution in [2.45, 2.75) is 13.5 Å². The van der Waals surface area contributed by atoms with Gasteiger partial charge in [0.2, 0.25) is 0 Å². The molecule has 178 valence electrons. The highest BCUT2D eigenvalue weighted by molar-refractivity contribution is 14.1. The number of tetrazole rings is 1. The second-order valence-electron chi connectivity index (χ2n) is 7.76. The van der Waals surface area contributed by atoms with Crippen molar-refractivity contribution in [1.29, 1.82) is 0 Å². The van der Waals surface area contributed by atoms with Gasteiger partial charge in [0.1, 0.15) is 5.82 Å². The molecule has 0 saturated carbocycles. The molecule has 0 fully saturated rings. The molecule has 0 spiro atoms. The fourth-order valence-electron chi connectivity index (χ4n) is 3.68. The minimum absolute atomic E-state index is 0.0633. The molecule has 35 heavy (non-hydrogen) atoms. The smallest absolute Gasteiger partial charge is 0.368 e. The zero-order chi connectivity index (χ0) is 25.3. The Morgan fingerprint density at radius 1 is 1.09 bits per heavy atom. The number of nitrogens with zero attached hydrogens (tertiary/aromatic N) is 5. The summed E-state index contributed by atoms with van der Waals surface area (Å²) in [5.41, 5.74) is 2.07. The molecule has 0 atom stereocenters. The normalized spacial score (nSPS) is 10.9. The monoisotopic (exact) mass is 587 g/mol. The molecular formula is C24H19FIN5O4. The first-order chi connectivity index (χ1) is 16.7. The topological polar surface area (TPSA) is 110 Å². The van der Waals surface area contributed by atoms with Crippen LogP contribution in [0.1, 0.15) is 31.8 Å². The van der Waals surface area contributed by atoms with E-state index in [-0.39, 0.29) is 17.7 Å². The number of amides is 1. The molecule has 11 heteroatoms. The molecule has 1 amide bonds.